The molecule has 0 aliphatic carbocycles. The highest BCUT2D eigenvalue weighted by atomic mass is 35.5. The summed E-state index contributed by atoms with van der Waals surface area (Å²) in [6.07, 6.45) is 4.40. The second-order valence-corrected chi connectivity index (χ2v) is 7.06. The van der Waals surface area contributed by atoms with Gasteiger partial charge >= 0.3 is 0 Å². The molecule has 1 aromatic carbocycles. The van der Waals surface area contributed by atoms with Crippen molar-refractivity contribution >= 4 is 17.5 Å². The molecule has 2 aromatic rings. The van der Waals surface area contributed by atoms with Crippen LogP contribution in [-0.2, 0) is 17.9 Å². The normalized spacial score (nSPS) is 20.8. The largest absolute Gasteiger partial charge is 0.365 e. The minimum absolute atomic E-state index is 0.0170. The van der Waals surface area contributed by atoms with Crippen molar-refractivity contribution in [2.75, 3.05) is 13.1 Å². The van der Waals surface area contributed by atoms with Crippen LogP contribution in [-0.4, -0.2) is 38.9 Å². The summed E-state index contributed by atoms with van der Waals surface area (Å²) in [6.45, 7) is 2.51. The van der Waals surface area contributed by atoms with Crippen molar-refractivity contribution in [2.24, 2.45) is 0 Å². The van der Waals surface area contributed by atoms with E-state index in [2.05, 4.69) is 10.3 Å². The van der Waals surface area contributed by atoms with Gasteiger partial charge in [-0.05, 0) is 30.5 Å². The molecule has 25 heavy (non-hydrogen) atoms. The van der Waals surface area contributed by atoms with Crippen LogP contribution < -0.4 is 0 Å². The number of halogens is 1. The van der Waals surface area contributed by atoms with E-state index in [4.69, 9.17) is 16.3 Å². The zero-order chi connectivity index (χ0) is 17.2. The van der Waals surface area contributed by atoms with E-state index in [-0.39, 0.29) is 12.0 Å². The summed E-state index contributed by atoms with van der Waals surface area (Å²) in [7, 11) is 0. The number of rotatable bonds is 2. The predicted molar refractivity (Wildman–Crippen MR) is 93.4 cm³/mol. The lowest BCUT2D eigenvalue weighted by atomic mass is 10.1. The molecule has 0 N–H and O–H groups in total. The molecule has 2 aliphatic rings. The predicted octanol–water partition coefficient (Wildman–Crippen LogP) is 3.22. The van der Waals surface area contributed by atoms with Crippen molar-refractivity contribution in [1.82, 2.24) is 19.9 Å². The maximum Gasteiger partial charge on any atom is 0.276 e. The van der Waals surface area contributed by atoms with Gasteiger partial charge in [-0.25, -0.2) is 4.68 Å². The molecular formula is C18H21ClN4O2. The third-order valence-electron chi connectivity index (χ3n) is 4.94. The lowest BCUT2D eigenvalue weighted by molar-refractivity contribution is -0.00194. The van der Waals surface area contributed by atoms with Crippen LogP contribution in [0.1, 0.15) is 53.5 Å². The van der Waals surface area contributed by atoms with Gasteiger partial charge in [0.05, 0.1) is 18.8 Å². The Morgan fingerprint density at radius 1 is 1.12 bits per heavy atom. The van der Waals surface area contributed by atoms with Gasteiger partial charge < -0.3 is 9.64 Å². The molecule has 6 nitrogen and oxygen atoms in total. The maximum atomic E-state index is 12.8. The SMILES string of the molecule is O=C(c1nnn2c1CO[C@@H](c1ccc(Cl)cc1)C2)N1CCCCCC1. The molecule has 1 saturated heterocycles. The van der Waals surface area contributed by atoms with Crippen LogP contribution in [0.3, 0.4) is 0 Å². The van der Waals surface area contributed by atoms with Crippen molar-refractivity contribution in [3.63, 3.8) is 0 Å². The zero-order valence-electron chi connectivity index (χ0n) is 14.0. The molecule has 0 radical (unpaired) electrons. The van der Waals surface area contributed by atoms with Gasteiger partial charge in [0.15, 0.2) is 5.69 Å². The number of benzene rings is 1. The molecule has 7 heteroatoms. The number of amides is 1. The Hall–Kier alpha value is -1.92. The first-order valence-corrected chi connectivity index (χ1v) is 9.19. The third kappa shape index (κ3) is 3.41. The molecule has 1 aromatic heterocycles. The first-order chi connectivity index (χ1) is 12.2. The number of likely N-dealkylation sites (tertiary alicyclic amines) is 1. The van der Waals surface area contributed by atoms with Crippen LogP contribution in [0.2, 0.25) is 5.02 Å². The van der Waals surface area contributed by atoms with Crippen LogP contribution >= 0.6 is 11.6 Å². The number of hydrogen-bond acceptors (Lipinski definition) is 4. The number of aromatic nitrogens is 3. The second-order valence-electron chi connectivity index (χ2n) is 6.62. The number of carbonyl (C=O) groups is 1. The van der Waals surface area contributed by atoms with Gasteiger partial charge in [0.1, 0.15) is 6.10 Å². The number of fused-ring (bicyclic) bond motifs is 1. The lowest BCUT2D eigenvalue weighted by Crippen LogP contribution is -2.33. The average Bonchev–Trinajstić information content (AvgIpc) is 2.86. The van der Waals surface area contributed by atoms with E-state index in [1.54, 1.807) is 4.68 Å². The van der Waals surface area contributed by atoms with E-state index >= 15 is 0 Å². The summed E-state index contributed by atoms with van der Waals surface area (Å²) in [5.41, 5.74) is 2.27. The molecule has 0 spiro atoms. The monoisotopic (exact) mass is 360 g/mol. The van der Waals surface area contributed by atoms with E-state index in [0.29, 0.717) is 23.9 Å². The molecule has 1 amide bonds. The fourth-order valence-electron chi connectivity index (χ4n) is 3.48. The van der Waals surface area contributed by atoms with Gasteiger partial charge in [0.25, 0.3) is 5.91 Å². The third-order valence-corrected chi connectivity index (χ3v) is 5.19. The summed E-state index contributed by atoms with van der Waals surface area (Å²) >= 11 is 5.94. The van der Waals surface area contributed by atoms with E-state index in [0.717, 1.165) is 37.2 Å². The zero-order valence-corrected chi connectivity index (χ0v) is 14.8. The number of hydrogen-bond donors (Lipinski definition) is 0. The summed E-state index contributed by atoms with van der Waals surface area (Å²) in [6, 6.07) is 7.62. The Bertz CT molecular complexity index is 751. The van der Waals surface area contributed by atoms with Crippen molar-refractivity contribution < 1.29 is 9.53 Å². The van der Waals surface area contributed by atoms with Gasteiger partial charge in [-0.2, -0.15) is 0 Å². The van der Waals surface area contributed by atoms with Gasteiger partial charge in [0, 0.05) is 18.1 Å². The molecule has 0 bridgehead atoms. The number of nitrogens with zero attached hydrogens (tertiary/aromatic N) is 4. The highest BCUT2D eigenvalue weighted by Crippen LogP contribution is 2.28. The topological polar surface area (TPSA) is 60.3 Å². The maximum absolute atomic E-state index is 12.8. The van der Waals surface area contributed by atoms with Crippen molar-refractivity contribution in [2.45, 2.75) is 44.9 Å². The highest BCUT2D eigenvalue weighted by Gasteiger charge is 2.30. The van der Waals surface area contributed by atoms with Crippen LogP contribution in [0.5, 0.6) is 0 Å². The van der Waals surface area contributed by atoms with Crippen LogP contribution in [0.25, 0.3) is 0 Å². The molecule has 132 valence electrons. The van der Waals surface area contributed by atoms with Gasteiger partial charge in [0.2, 0.25) is 0 Å². The van der Waals surface area contributed by atoms with E-state index < -0.39 is 0 Å². The second kappa shape index (κ2) is 7.14. The fraction of sp³-hybridized carbons (Fsp3) is 0.500. The van der Waals surface area contributed by atoms with Crippen LogP contribution in [0, 0.1) is 0 Å². The van der Waals surface area contributed by atoms with Crippen molar-refractivity contribution in [1.29, 1.82) is 0 Å². The van der Waals surface area contributed by atoms with E-state index in [9.17, 15) is 4.79 Å². The van der Waals surface area contributed by atoms with Gasteiger partial charge in [-0.3, -0.25) is 4.79 Å². The van der Waals surface area contributed by atoms with Crippen LogP contribution in [0.15, 0.2) is 24.3 Å². The summed E-state index contributed by atoms with van der Waals surface area (Å²) in [5.74, 6) is -0.0170. The molecule has 3 heterocycles. The fourth-order valence-corrected chi connectivity index (χ4v) is 3.61. The van der Waals surface area contributed by atoms with E-state index in [1.807, 2.05) is 29.2 Å². The average molecular weight is 361 g/mol. The van der Waals surface area contributed by atoms with Crippen molar-refractivity contribution in [3.8, 4) is 0 Å². The Morgan fingerprint density at radius 3 is 2.56 bits per heavy atom. The highest BCUT2D eigenvalue weighted by molar-refractivity contribution is 6.30. The molecule has 2 aliphatic heterocycles. The first-order valence-electron chi connectivity index (χ1n) is 8.81. The number of ether oxygens (including phenoxy) is 1. The summed E-state index contributed by atoms with van der Waals surface area (Å²) in [4.78, 5) is 14.7. The summed E-state index contributed by atoms with van der Waals surface area (Å²) < 4.78 is 7.78. The quantitative estimate of drug-likeness (QED) is 0.825. The molecule has 1 atom stereocenters. The molecule has 0 unspecified atom stereocenters. The molecule has 1 fully saturated rings. The minimum atomic E-state index is -0.104. The minimum Gasteiger partial charge on any atom is -0.365 e. The molecule has 4 rings (SSSR count). The van der Waals surface area contributed by atoms with Crippen LogP contribution in [0.4, 0.5) is 0 Å². The Balaban J connectivity index is 1.51. The van der Waals surface area contributed by atoms with Gasteiger partial charge in [-0.15, -0.1) is 5.10 Å². The molecule has 0 saturated carbocycles. The Morgan fingerprint density at radius 2 is 1.84 bits per heavy atom. The number of carbonyl (C=O) groups excluding carboxylic acids is 1. The van der Waals surface area contributed by atoms with Crippen molar-refractivity contribution in [3.05, 3.63) is 46.2 Å². The summed E-state index contributed by atoms with van der Waals surface area (Å²) in [5, 5.41) is 9.07. The smallest absolute Gasteiger partial charge is 0.276 e. The standard InChI is InChI=1S/C18H21ClN4O2/c19-14-7-5-13(6-8-14)16-11-23-15(12-25-16)17(20-21-23)18(24)22-9-3-1-2-4-10-22/h5-8,16H,1-4,9-12H2/t16-/m1/s1. The Labute approximate surface area is 151 Å². The first kappa shape index (κ1) is 16.5. The molecular weight excluding hydrogens is 340 g/mol. The lowest BCUT2D eigenvalue weighted by Gasteiger charge is -2.25. The van der Waals surface area contributed by atoms with Gasteiger partial charge in [-0.1, -0.05) is 41.8 Å². The Kier molecular flexibility index (Phi) is 4.72. The van der Waals surface area contributed by atoms with E-state index in [1.165, 1.54) is 12.8 Å².